The molecule has 2 saturated heterocycles. The third-order valence-corrected chi connectivity index (χ3v) is 8.86. The van der Waals surface area contributed by atoms with Crippen molar-refractivity contribution >= 4 is 0 Å². The fourth-order valence-electron chi connectivity index (χ4n) is 5.76. The smallest absolute Gasteiger partial charge is 0.231 e. The van der Waals surface area contributed by atoms with Gasteiger partial charge in [-0.3, -0.25) is 0 Å². The van der Waals surface area contributed by atoms with Gasteiger partial charge in [0.2, 0.25) is 12.6 Å². The number of aliphatic hydroxyl groups is 8. The minimum atomic E-state index is -1.93. The lowest BCUT2D eigenvalue weighted by molar-refractivity contribution is -0.314. The summed E-state index contributed by atoms with van der Waals surface area (Å²) in [4.78, 5) is 0. The second-order valence-corrected chi connectivity index (χ2v) is 12.5. The van der Waals surface area contributed by atoms with Crippen molar-refractivity contribution in [2.75, 3.05) is 13.2 Å². The molecule has 0 saturated carbocycles. The van der Waals surface area contributed by atoms with Gasteiger partial charge in [-0.05, 0) is 91.4 Å². The van der Waals surface area contributed by atoms with E-state index < -0.39 is 73.6 Å². The van der Waals surface area contributed by atoms with Crippen molar-refractivity contribution in [1.82, 2.24) is 0 Å². The van der Waals surface area contributed by atoms with Crippen molar-refractivity contribution < 1.29 is 59.8 Å². The molecule has 0 radical (unpaired) electrons. The Balaban J connectivity index is 1.33. The van der Waals surface area contributed by atoms with E-state index in [4.69, 9.17) is 18.9 Å². The first kappa shape index (κ1) is 34.2. The SMILES string of the molecule is Cc1cc(-c2cccc(-c3ccc(O[C@H]4O[C@H](CO)[C@@H](O)[C@H](O)[C@]4(C)O)c(C)c3)c2)ccc1O[C@H]1O[C@H](CO)[C@@H](O)[C@H](O)[C@]1(C)O. The van der Waals surface area contributed by atoms with Crippen molar-refractivity contribution in [3.8, 4) is 33.8 Å². The minimum absolute atomic E-state index is 0.393. The Labute approximate surface area is 266 Å². The topological polar surface area (TPSA) is 199 Å². The maximum atomic E-state index is 10.8. The van der Waals surface area contributed by atoms with Crippen LogP contribution >= 0.6 is 0 Å². The van der Waals surface area contributed by atoms with Crippen LogP contribution in [-0.4, -0.2) is 114 Å². The number of benzene rings is 3. The third-order valence-electron chi connectivity index (χ3n) is 8.86. The summed E-state index contributed by atoms with van der Waals surface area (Å²) in [5, 5.41) is 81.7. The standard InChI is InChI=1S/C34H42O12/c1-17-12-21(8-10-23(17)43-31-33(3,41)29(39)27(37)25(15-35)45-31)19-6-5-7-20(14-19)22-9-11-24(18(2)13-22)44-32-34(4,42)30(40)28(38)26(16-36)46-32/h5-14,25-32,35-42H,15-16H2,1-4H3/t25-,26-,27-,28-,29+,30+,31+,32+,33+,34+/m1/s1. The van der Waals surface area contributed by atoms with Crippen molar-refractivity contribution in [2.24, 2.45) is 0 Å². The molecule has 0 bridgehead atoms. The van der Waals surface area contributed by atoms with E-state index in [0.717, 1.165) is 33.4 Å². The molecule has 3 aromatic rings. The molecule has 46 heavy (non-hydrogen) atoms. The molecule has 250 valence electrons. The Morgan fingerprint density at radius 1 is 0.609 bits per heavy atom. The number of ether oxygens (including phenoxy) is 4. The third kappa shape index (κ3) is 6.38. The van der Waals surface area contributed by atoms with Gasteiger partial charge in [0, 0.05) is 0 Å². The molecule has 2 heterocycles. The molecule has 2 aliphatic heterocycles. The maximum Gasteiger partial charge on any atom is 0.231 e. The molecular weight excluding hydrogens is 600 g/mol. The average Bonchev–Trinajstić information content (AvgIpc) is 3.03. The van der Waals surface area contributed by atoms with Gasteiger partial charge in [-0.1, -0.05) is 30.3 Å². The molecule has 0 unspecified atom stereocenters. The molecule has 3 aromatic carbocycles. The largest absolute Gasteiger partial charge is 0.461 e. The van der Waals surface area contributed by atoms with E-state index in [1.165, 1.54) is 13.8 Å². The van der Waals surface area contributed by atoms with Crippen LogP contribution < -0.4 is 9.47 Å². The lowest BCUT2D eigenvalue weighted by Gasteiger charge is -2.45. The minimum Gasteiger partial charge on any atom is -0.461 e. The van der Waals surface area contributed by atoms with Crippen LogP contribution in [0.15, 0.2) is 60.7 Å². The van der Waals surface area contributed by atoms with Crippen molar-refractivity contribution in [3.63, 3.8) is 0 Å². The van der Waals surface area contributed by atoms with Gasteiger partial charge in [-0.2, -0.15) is 0 Å². The van der Waals surface area contributed by atoms with Crippen LogP contribution in [0.5, 0.6) is 11.5 Å². The van der Waals surface area contributed by atoms with Crippen LogP contribution in [-0.2, 0) is 9.47 Å². The van der Waals surface area contributed by atoms with Gasteiger partial charge in [0.25, 0.3) is 0 Å². The summed E-state index contributed by atoms with van der Waals surface area (Å²) in [5.41, 5.74) is 1.19. The molecule has 0 spiro atoms. The van der Waals surface area contributed by atoms with Gasteiger partial charge in [0.05, 0.1) is 13.2 Å². The van der Waals surface area contributed by atoms with Crippen LogP contribution in [0.1, 0.15) is 25.0 Å². The van der Waals surface area contributed by atoms with Crippen LogP contribution in [0.3, 0.4) is 0 Å². The molecule has 2 aliphatic rings. The van der Waals surface area contributed by atoms with Crippen LogP contribution in [0, 0.1) is 13.8 Å². The number of aryl methyl sites for hydroxylation is 2. The van der Waals surface area contributed by atoms with E-state index in [-0.39, 0.29) is 0 Å². The summed E-state index contributed by atoms with van der Waals surface area (Å²) < 4.78 is 23.0. The molecule has 5 rings (SSSR count). The number of hydrogen-bond donors (Lipinski definition) is 8. The molecule has 0 aromatic heterocycles. The van der Waals surface area contributed by atoms with Crippen molar-refractivity contribution in [3.05, 3.63) is 71.8 Å². The number of hydrogen-bond acceptors (Lipinski definition) is 12. The Morgan fingerprint density at radius 3 is 1.33 bits per heavy atom. The van der Waals surface area contributed by atoms with Gasteiger partial charge in [-0.15, -0.1) is 0 Å². The fourth-order valence-corrected chi connectivity index (χ4v) is 5.76. The van der Waals surface area contributed by atoms with E-state index in [9.17, 15) is 40.9 Å². The summed E-state index contributed by atoms with van der Waals surface area (Å²) >= 11 is 0. The molecule has 0 amide bonds. The zero-order valence-electron chi connectivity index (χ0n) is 26.0. The van der Waals surface area contributed by atoms with Gasteiger partial charge < -0.3 is 59.8 Å². The second-order valence-electron chi connectivity index (χ2n) is 12.5. The molecule has 12 nitrogen and oxygen atoms in total. The first-order valence-electron chi connectivity index (χ1n) is 15.0. The lowest BCUT2D eigenvalue weighted by Crippen LogP contribution is -2.66. The fraction of sp³-hybridized carbons (Fsp3) is 0.471. The second kappa shape index (κ2) is 13.2. The maximum absolute atomic E-state index is 10.8. The quantitative estimate of drug-likeness (QED) is 0.172. The molecular formula is C34H42O12. The highest BCUT2D eigenvalue weighted by molar-refractivity contribution is 5.74. The molecule has 0 aliphatic carbocycles. The highest BCUT2D eigenvalue weighted by Gasteiger charge is 2.54. The van der Waals surface area contributed by atoms with Gasteiger partial charge in [0.15, 0.2) is 11.2 Å². The molecule has 8 N–H and O–H groups in total. The Bertz CT molecular complexity index is 1410. The average molecular weight is 643 g/mol. The highest BCUT2D eigenvalue weighted by atomic mass is 16.7. The van der Waals surface area contributed by atoms with Crippen molar-refractivity contribution in [1.29, 1.82) is 0 Å². The predicted octanol–water partition coefficient (Wildman–Crippen LogP) is 0.775. The Hall–Kier alpha value is -3.14. The van der Waals surface area contributed by atoms with E-state index in [2.05, 4.69) is 0 Å². The normalized spacial score (nSPS) is 34.7. The molecule has 10 atom stereocenters. The monoisotopic (exact) mass is 642 g/mol. The lowest BCUT2D eigenvalue weighted by atomic mass is 9.88. The van der Waals surface area contributed by atoms with Gasteiger partial charge >= 0.3 is 0 Å². The summed E-state index contributed by atoms with van der Waals surface area (Å²) in [7, 11) is 0. The van der Waals surface area contributed by atoms with E-state index in [0.29, 0.717) is 11.5 Å². The van der Waals surface area contributed by atoms with Gasteiger partial charge in [-0.25, -0.2) is 0 Å². The Kier molecular flexibility index (Phi) is 9.79. The predicted molar refractivity (Wildman–Crippen MR) is 165 cm³/mol. The van der Waals surface area contributed by atoms with Crippen LogP contribution in [0.4, 0.5) is 0 Å². The summed E-state index contributed by atoms with van der Waals surface area (Å²) in [6, 6.07) is 18.8. The van der Waals surface area contributed by atoms with Crippen molar-refractivity contribution in [2.45, 2.75) is 88.1 Å². The van der Waals surface area contributed by atoms with Crippen LogP contribution in [0.25, 0.3) is 22.3 Å². The summed E-state index contributed by atoms with van der Waals surface area (Å²) in [6.45, 7) is 5.12. The zero-order chi connectivity index (χ0) is 33.6. The van der Waals surface area contributed by atoms with Gasteiger partial charge in [0.1, 0.15) is 48.1 Å². The van der Waals surface area contributed by atoms with E-state index in [1.807, 2.05) is 62.4 Å². The zero-order valence-corrected chi connectivity index (χ0v) is 26.0. The number of rotatable bonds is 8. The van der Waals surface area contributed by atoms with Crippen LogP contribution in [0.2, 0.25) is 0 Å². The first-order valence-corrected chi connectivity index (χ1v) is 15.0. The highest BCUT2D eigenvalue weighted by Crippen LogP contribution is 2.37. The first-order chi connectivity index (χ1) is 21.7. The number of aliphatic hydroxyl groups excluding tert-OH is 6. The summed E-state index contributed by atoms with van der Waals surface area (Å²) in [6.07, 6.45) is -11.1. The molecule has 12 heteroatoms. The molecule has 2 fully saturated rings. The van der Waals surface area contributed by atoms with E-state index in [1.54, 1.807) is 12.1 Å². The van der Waals surface area contributed by atoms with E-state index >= 15 is 0 Å². The Morgan fingerprint density at radius 2 is 0.978 bits per heavy atom. The summed E-state index contributed by atoms with van der Waals surface area (Å²) in [5.74, 6) is 0.787.